The average Bonchev–Trinajstić information content (AvgIpc) is 3.34. The molecule has 0 atom stereocenters. The topological polar surface area (TPSA) is 90.0 Å². The number of hydrogen-bond acceptors (Lipinski definition) is 5. The summed E-state index contributed by atoms with van der Waals surface area (Å²) in [5.74, 6) is -0.113. The Hall–Kier alpha value is -1.97. The third kappa shape index (κ3) is 4.79. The van der Waals surface area contributed by atoms with Crippen molar-refractivity contribution in [1.29, 1.82) is 0 Å². The van der Waals surface area contributed by atoms with Crippen LogP contribution in [0.25, 0.3) is 0 Å². The van der Waals surface area contributed by atoms with Gasteiger partial charge in [-0.25, -0.2) is 8.42 Å². The fourth-order valence-electron chi connectivity index (χ4n) is 3.86. The molecule has 29 heavy (non-hydrogen) atoms. The smallest absolute Gasteiger partial charge is 0.253 e. The average molecular weight is 421 g/mol. The lowest BCUT2D eigenvalue weighted by atomic mass is 10.2. The van der Waals surface area contributed by atoms with Gasteiger partial charge >= 0.3 is 0 Å². The van der Waals surface area contributed by atoms with E-state index in [-0.39, 0.29) is 16.7 Å². The number of nitrogens with zero attached hydrogens (tertiary/aromatic N) is 3. The van der Waals surface area contributed by atoms with Crippen LogP contribution in [0.2, 0.25) is 0 Å². The minimum atomic E-state index is -3.54. The van der Waals surface area contributed by atoms with Crippen molar-refractivity contribution < 1.29 is 18.0 Å². The van der Waals surface area contributed by atoms with Gasteiger partial charge in [0.1, 0.15) is 0 Å². The molecule has 2 amide bonds. The van der Waals surface area contributed by atoms with Crippen LogP contribution in [0.5, 0.6) is 0 Å². The second kappa shape index (κ2) is 8.41. The Balaban J connectivity index is 1.35. The summed E-state index contributed by atoms with van der Waals surface area (Å²) in [4.78, 5) is 28.8. The van der Waals surface area contributed by atoms with Crippen LogP contribution in [0.1, 0.15) is 36.0 Å². The SMILES string of the molecule is O=C(CN1CCN(C(=O)c2cccc(S(=O)(=O)N3CCCC3)c2)CC1)NC1CC1. The van der Waals surface area contributed by atoms with Crippen LogP contribution in [0.4, 0.5) is 0 Å². The number of rotatable bonds is 6. The highest BCUT2D eigenvalue weighted by Crippen LogP contribution is 2.22. The quantitative estimate of drug-likeness (QED) is 0.724. The molecule has 3 fully saturated rings. The number of hydrogen-bond donors (Lipinski definition) is 1. The highest BCUT2D eigenvalue weighted by atomic mass is 32.2. The molecular formula is C20H28N4O4S. The summed E-state index contributed by atoms with van der Waals surface area (Å²) < 4.78 is 27.0. The molecular weight excluding hydrogens is 392 g/mol. The Morgan fingerprint density at radius 2 is 1.69 bits per heavy atom. The fourth-order valence-corrected chi connectivity index (χ4v) is 5.43. The molecule has 3 aliphatic rings. The summed E-state index contributed by atoms with van der Waals surface area (Å²) in [6, 6.07) is 6.70. The summed E-state index contributed by atoms with van der Waals surface area (Å²) >= 11 is 0. The first-order chi connectivity index (χ1) is 13.9. The van der Waals surface area contributed by atoms with Gasteiger partial charge in [-0.05, 0) is 43.9 Å². The highest BCUT2D eigenvalue weighted by molar-refractivity contribution is 7.89. The Morgan fingerprint density at radius 1 is 1.00 bits per heavy atom. The molecule has 0 unspecified atom stereocenters. The van der Waals surface area contributed by atoms with Crippen molar-refractivity contribution >= 4 is 21.8 Å². The lowest BCUT2D eigenvalue weighted by Crippen LogP contribution is -2.51. The van der Waals surface area contributed by atoms with E-state index < -0.39 is 10.0 Å². The van der Waals surface area contributed by atoms with Crippen molar-refractivity contribution in [1.82, 2.24) is 19.4 Å². The second-order valence-electron chi connectivity index (χ2n) is 8.05. The van der Waals surface area contributed by atoms with E-state index in [0.717, 1.165) is 25.7 Å². The molecule has 9 heteroatoms. The maximum Gasteiger partial charge on any atom is 0.253 e. The normalized spacial score (nSPS) is 21.3. The minimum Gasteiger partial charge on any atom is -0.352 e. The van der Waals surface area contributed by atoms with Crippen molar-refractivity contribution in [2.75, 3.05) is 45.8 Å². The van der Waals surface area contributed by atoms with Gasteiger partial charge in [0, 0.05) is 50.9 Å². The molecule has 1 saturated carbocycles. The van der Waals surface area contributed by atoms with Crippen LogP contribution in [0.3, 0.4) is 0 Å². The minimum absolute atomic E-state index is 0.0482. The zero-order chi connectivity index (χ0) is 20.4. The van der Waals surface area contributed by atoms with E-state index in [9.17, 15) is 18.0 Å². The first kappa shape index (κ1) is 20.3. The number of sulfonamides is 1. The number of piperazine rings is 1. The molecule has 158 valence electrons. The Labute approximate surface area is 171 Å². The van der Waals surface area contributed by atoms with E-state index in [1.54, 1.807) is 23.1 Å². The van der Waals surface area contributed by atoms with Gasteiger partial charge in [-0.2, -0.15) is 4.31 Å². The van der Waals surface area contributed by atoms with Gasteiger partial charge in [0.05, 0.1) is 11.4 Å². The third-order valence-corrected chi connectivity index (χ3v) is 7.65. The molecule has 2 aliphatic heterocycles. The van der Waals surface area contributed by atoms with Gasteiger partial charge in [-0.15, -0.1) is 0 Å². The van der Waals surface area contributed by atoms with E-state index in [4.69, 9.17) is 0 Å². The molecule has 2 saturated heterocycles. The lowest BCUT2D eigenvalue weighted by molar-refractivity contribution is -0.122. The summed E-state index contributed by atoms with van der Waals surface area (Å²) in [6.07, 6.45) is 3.89. The summed E-state index contributed by atoms with van der Waals surface area (Å²) in [6.45, 7) is 3.76. The van der Waals surface area contributed by atoms with E-state index in [2.05, 4.69) is 10.2 Å². The monoisotopic (exact) mass is 420 g/mol. The molecule has 0 bridgehead atoms. The molecule has 1 aliphatic carbocycles. The van der Waals surface area contributed by atoms with Gasteiger partial charge in [0.2, 0.25) is 15.9 Å². The highest BCUT2D eigenvalue weighted by Gasteiger charge is 2.29. The fraction of sp³-hybridized carbons (Fsp3) is 0.600. The van der Waals surface area contributed by atoms with Gasteiger partial charge in [-0.1, -0.05) is 6.07 Å². The largest absolute Gasteiger partial charge is 0.352 e. The van der Waals surface area contributed by atoms with Crippen LogP contribution < -0.4 is 5.32 Å². The maximum atomic E-state index is 12.9. The molecule has 2 heterocycles. The number of benzene rings is 1. The first-order valence-electron chi connectivity index (χ1n) is 10.3. The maximum absolute atomic E-state index is 12.9. The predicted octanol–water partition coefficient (Wildman–Crippen LogP) is 0.508. The van der Waals surface area contributed by atoms with Crippen LogP contribution in [-0.2, 0) is 14.8 Å². The first-order valence-corrected chi connectivity index (χ1v) is 11.8. The Bertz CT molecular complexity index is 870. The number of nitrogens with one attached hydrogen (secondary N) is 1. The van der Waals surface area contributed by atoms with Crippen LogP contribution in [0.15, 0.2) is 29.2 Å². The molecule has 1 aromatic carbocycles. The molecule has 1 N–H and O–H groups in total. The molecule has 1 aromatic rings. The summed E-state index contributed by atoms with van der Waals surface area (Å²) in [5.41, 5.74) is 0.394. The zero-order valence-electron chi connectivity index (χ0n) is 16.5. The third-order valence-electron chi connectivity index (χ3n) is 5.75. The molecule has 0 radical (unpaired) electrons. The Morgan fingerprint density at radius 3 is 2.34 bits per heavy atom. The van der Waals surface area contributed by atoms with Crippen molar-refractivity contribution in [3.8, 4) is 0 Å². The van der Waals surface area contributed by atoms with Crippen molar-refractivity contribution in [3.63, 3.8) is 0 Å². The van der Waals surface area contributed by atoms with Crippen LogP contribution >= 0.6 is 0 Å². The predicted molar refractivity (Wildman–Crippen MR) is 108 cm³/mol. The molecule has 8 nitrogen and oxygen atoms in total. The van der Waals surface area contributed by atoms with E-state index in [0.29, 0.717) is 57.4 Å². The van der Waals surface area contributed by atoms with E-state index in [1.807, 2.05) is 0 Å². The van der Waals surface area contributed by atoms with Crippen molar-refractivity contribution in [3.05, 3.63) is 29.8 Å². The van der Waals surface area contributed by atoms with Gasteiger partial charge in [-0.3, -0.25) is 14.5 Å². The second-order valence-corrected chi connectivity index (χ2v) is 9.99. The molecule has 0 spiro atoms. The summed E-state index contributed by atoms with van der Waals surface area (Å²) in [7, 11) is -3.54. The van der Waals surface area contributed by atoms with E-state index in [1.165, 1.54) is 10.4 Å². The van der Waals surface area contributed by atoms with Crippen LogP contribution in [-0.4, -0.2) is 86.2 Å². The number of carbonyl (C=O) groups excluding carboxylic acids is 2. The molecule has 0 aromatic heterocycles. The van der Waals surface area contributed by atoms with Crippen molar-refractivity contribution in [2.24, 2.45) is 0 Å². The zero-order valence-corrected chi connectivity index (χ0v) is 17.4. The van der Waals surface area contributed by atoms with Gasteiger partial charge < -0.3 is 10.2 Å². The molecule has 4 rings (SSSR count). The number of carbonyl (C=O) groups is 2. The van der Waals surface area contributed by atoms with Crippen LogP contribution in [0, 0.1) is 0 Å². The van der Waals surface area contributed by atoms with E-state index >= 15 is 0 Å². The standard InChI is InChI=1S/C20H28N4O4S/c25-19(21-17-6-7-17)15-22-10-12-23(13-11-22)20(26)16-4-3-5-18(14-16)29(27,28)24-8-1-2-9-24/h3-5,14,17H,1-2,6-13,15H2,(H,21,25). The Kier molecular flexibility index (Phi) is 5.89. The van der Waals surface area contributed by atoms with Gasteiger partial charge in [0.25, 0.3) is 5.91 Å². The lowest BCUT2D eigenvalue weighted by Gasteiger charge is -2.34. The number of amides is 2. The van der Waals surface area contributed by atoms with Gasteiger partial charge in [0.15, 0.2) is 0 Å². The van der Waals surface area contributed by atoms with Crippen molar-refractivity contribution in [2.45, 2.75) is 36.6 Å². The summed E-state index contributed by atoms with van der Waals surface area (Å²) in [5, 5.41) is 2.98.